The monoisotopic (exact) mass is 433 g/mol. The van der Waals surface area contributed by atoms with Gasteiger partial charge >= 0.3 is 0 Å². The van der Waals surface area contributed by atoms with Gasteiger partial charge in [0, 0.05) is 37.8 Å². The lowest BCUT2D eigenvalue weighted by Gasteiger charge is -2.30. The van der Waals surface area contributed by atoms with Crippen molar-refractivity contribution in [3.63, 3.8) is 0 Å². The van der Waals surface area contributed by atoms with Crippen LogP contribution in [0.1, 0.15) is 38.2 Å². The SMILES string of the molecule is CC1CCCN(Cc2ccc(NC(=O)C3CC(=O)N(C4CCS(=O)(=O)C4)C3)cc2)C1. The number of hydrogen-bond donors (Lipinski definition) is 1. The van der Waals surface area contributed by atoms with Gasteiger partial charge in [-0.1, -0.05) is 19.1 Å². The molecule has 30 heavy (non-hydrogen) atoms. The fourth-order valence-electron chi connectivity index (χ4n) is 4.91. The van der Waals surface area contributed by atoms with E-state index in [-0.39, 0.29) is 35.8 Å². The van der Waals surface area contributed by atoms with Crippen molar-refractivity contribution in [2.45, 2.75) is 45.2 Å². The van der Waals surface area contributed by atoms with Gasteiger partial charge in [0.25, 0.3) is 0 Å². The molecule has 8 heteroatoms. The molecule has 3 heterocycles. The van der Waals surface area contributed by atoms with Crippen LogP contribution in [0.25, 0.3) is 0 Å². The quantitative estimate of drug-likeness (QED) is 0.766. The Balaban J connectivity index is 1.30. The van der Waals surface area contributed by atoms with Crippen molar-refractivity contribution < 1.29 is 18.0 Å². The first-order chi connectivity index (χ1) is 14.3. The van der Waals surface area contributed by atoms with Gasteiger partial charge in [0.2, 0.25) is 11.8 Å². The highest BCUT2D eigenvalue weighted by molar-refractivity contribution is 7.91. The molecule has 164 valence electrons. The maximum absolute atomic E-state index is 12.7. The molecule has 2 amide bonds. The van der Waals surface area contributed by atoms with E-state index in [0.29, 0.717) is 13.0 Å². The third kappa shape index (κ3) is 5.03. The number of carbonyl (C=O) groups is 2. The Bertz CT molecular complexity index is 899. The number of piperidine rings is 1. The van der Waals surface area contributed by atoms with Gasteiger partial charge in [-0.05, 0) is 49.4 Å². The Morgan fingerprint density at radius 2 is 1.93 bits per heavy atom. The molecule has 3 unspecified atom stereocenters. The summed E-state index contributed by atoms with van der Waals surface area (Å²) < 4.78 is 23.4. The lowest BCUT2D eigenvalue weighted by molar-refractivity contribution is -0.129. The smallest absolute Gasteiger partial charge is 0.229 e. The average Bonchev–Trinajstić information content (AvgIpc) is 3.25. The van der Waals surface area contributed by atoms with E-state index in [1.807, 2.05) is 24.3 Å². The number of nitrogens with zero attached hydrogens (tertiary/aromatic N) is 2. The summed E-state index contributed by atoms with van der Waals surface area (Å²) in [7, 11) is -3.06. The highest BCUT2D eigenvalue weighted by atomic mass is 32.2. The first-order valence-corrected chi connectivity index (χ1v) is 12.7. The number of hydrogen-bond acceptors (Lipinski definition) is 5. The molecule has 0 aromatic heterocycles. The number of amides is 2. The summed E-state index contributed by atoms with van der Waals surface area (Å²) in [6.07, 6.45) is 3.17. The number of carbonyl (C=O) groups excluding carboxylic acids is 2. The minimum Gasteiger partial charge on any atom is -0.338 e. The van der Waals surface area contributed by atoms with Crippen molar-refractivity contribution in [3.8, 4) is 0 Å². The van der Waals surface area contributed by atoms with Crippen LogP contribution in [-0.2, 0) is 26.0 Å². The molecule has 1 N–H and O–H groups in total. The lowest BCUT2D eigenvalue weighted by Crippen LogP contribution is -2.38. The van der Waals surface area contributed by atoms with Crippen LogP contribution in [0.5, 0.6) is 0 Å². The Labute approximate surface area is 178 Å². The van der Waals surface area contributed by atoms with Gasteiger partial charge in [-0.25, -0.2) is 8.42 Å². The number of likely N-dealkylation sites (tertiary alicyclic amines) is 2. The molecule has 1 aromatic carbocycles. The van der Waals surface area contributed by atoms with E-state index >= 15 is 0 Å². The molecule has 3 fully saturated rings. The van der Waals surface area contributed by atoms with Gasteiger partial charge in [-0.15, -0.1) is 0 Å². The van der Waals surface area contributed by atoms with E-state index < -0.39 is 15.8 Å². The molecule has 0 bridgehead atoms. The van der Waals surface area contributed by atoms with Crippen LogP contribution in [-0.4, -0.2) is 67.2 Å². The second-order valence-corrected chi connectivity index (χ2v) is 11.4. The predicted octanol–water partition coefficient (Wildman–Crippen LogP) is 1.89. The van der Waals surface area contributed by atoms with E-state index in [1.165, 1.54) is 18.4 Å². The summed E-state index contributed by atoms with van der Waals surface area (Å²) in [6, 6.07) is 7.64. The fraction of sp³-hybridized carbons (Fsp3) is 0.636. The van der Waals surface area contributed by atoms with Gasteiger partial charge < -0.3 is 10.2 Å². The topological polar surface area (TPSA) is 86.8 Å². The van der Waals surface area contributed by atoms with Crippen LogP contribution in [0.2, 0.25) is 0 Å². The molecule has 7 nitrogen and oxygen atoms in total. The van der Waals surface area contributed by atoms with Gasteiger partial charge in [0.05, 0.1) is 17.4 Å². The van der Waals surface area contributed by atoms with Crippen molar-refractivity contribution in [3.05, 3.63) is 29.8 Å². The second kappa shape index (κ2) is 8.67. The first-order valence-electron chi connectivity index (χ1n) is 10.9. The zero-order valence-corrected chi connectivity index (χ0v) is 18.4. The number of sulfone groups is 1. The Kier molecular flexibility index (Phi) is 6.16. The highest BCUT2D eigenvalue weighted by Crippen LogP contribution is 2.27. The summed E-state index contributed by atoms with van der Waals surface area (Å²) >= 11 is 0. The van der Waals surface area contributed by atoms with Crippen LogP contribution >= 0.6 is 0 Å². The van der Waals surface area contributed by atoms with Crippen molar-refractivity contribution >= 4 is 27.3 Å². The number of anilines is 1. The molecule has 4 rings (SSSR count). The van der Waals surface area contributed by atoms with Crippen LogP contribution in [0, 0.1) is 11.8 Å². The number of benzene rings is 1. The molecule has 0 spiro atoms. The Morgan fingerprint density at radius 3 is 2.60 bits per heavy atom. The molecular formula is C22H31N3O4S. The summed E-state index contributed by atoms with van der Waals surface area (Å²) in [4.78, 5) is 29.1. The number of rotatable bonds is 5. The van der Waals surface area contributed by atoms with Crippen LogP contribution in [0.15, 0.2) is 24.3 Å². The van der Waals surface area contributed by atoms with Crippen LogP contribution < -0.4 is 5.32 Å². The second-order valence-electron chi connectivity index (χ2n) is 9.17. The maximum Gasteiger partial charge on any atom is 0.229 e. The summed E-state index contributed by atoms with van der Waals surface area (Å²) in [5, 5.41) is 2.92. The third-order valence-electron chi connectivity index (χ3n) is 6.55. The van der Waals surface area contributed by atoms with Crippen molar-refractivity contribution in [1.29, 1.82) is 0 Å². The zero-order valence-electron chi connectivity index (χ0n) is 17.5. The van der Waals surface area contributed by atoms with Gasteiger partial charge in [0.1, 0.15) is 0 Å². The van der Waals surface area contributed by atoms with E-state index in [9.17, 15) is 18.0 Å². The average molecular weight is 434 g/mol. The maximum atomic E-state index is 12.7. The molecule has 0 saturated carbocycles. The molecule has 3 aliphatic rings. The normalized spacial score (nSPS) is 29.3. The minimum atomic E-state index is -3.06. The fourth-order valence-corrected chi connectivity index (χ4v) is 6.64. The molecule has 3 atom stereocenters. The predicted molar refractivity (Wildman–Crippen MR) is 116 cm³/mol. The molecule has 0 aliphatic carbocycles. The first kappa shape index (κ1) is 21.3. The molecular weight excluding hydrogens is 402 g/mol. The minimum absolute atomic E-state index is 0.0182. The summed E-state index contributed by atoms with van der Waals surface area (Å²) in [5.74, 6) is 0.157. The van der Waals surface area contributed by atoms with Gasteiger partial charge in [-0.3, -0.25) is 14.5 Å². The largest absolute Gasteiger partial charge is 0.338 e. The Morgan fingerprint density at radius 1 is 1.17 bits per heavy atom. The summed E-state index contributed by atoms with van der Waals surface area (Å²) in [5.41, 5.74) is 1.96. The molecule has 3 saturated heterocycles. The standard InChI is InChI=1S/C22H31N3O4S/c1-16-3-2-9-24(12-16)13-17-4-6-19(7-5-17)23-22(27)18-11-21(26)25(14-18)20-8-10-30(28,29)15-20/h4-7,16,18,20H,2-3,8-15H2,1H3,(H,23,27). The highest BCUT2D eigenvalue weighted by Gasteiger charge is 2.41. The van der Waals surface area contributed by atoms with E-state index in [1.54, 1.807) is 4.90 Å². The Hall–Kier alpha value is -1.93. The van der Waals surface area contributed by atoms with E-state index in [2.05, 4.69) is 17.1 Å². The molecule has 3 aliphatic heterocycles. The van der Waals surface area contributed by atoms with Gasteiger partial charge in [-0.2, -0.15) is 0 Å². The number of nitrogens with one attached hydrogen (secondary N) is 1. The van der Waals surface area contributed by atoms with E-state index in [0.717, 1.165) is 31.2 Å². The molecule has 0 radical (unpaired) electrons. The summed E-state index contributed by atoms with van der Waals surface area (Å²) in [6.45, 7) is 5.79. The van der Waals surface area contributed by atoms with Gasteiger partial charge in [0.15, 0.2) is 9.84 Å². The molecule has 1 aromatic rings. The van der Waals surface area contributed by atoms with Crippen molar-refractivity contribution in [2.24, 2.45) is 11.8 Å². The van der Waals surface area contributed by atoms with E-state index in [4.69, 9.17) is 0 Å². The van der Waals surface area contributed by atoms with Crippen molar-refractivity contribution in [1.82, 2.24) is 9.80 Å². The van der Waals surface area contributed by atoms with Crippen LogP contribution in [0.4, 0.5) is 5.69 Å². The zero-order chi connectivity index (χ0) is 21.3. The third-order valence-corrected chi connectivity index (χ3v) is 8.30. The lowest BCUT2D eigenvalue weighted by atomic mass is 10.00. The van der Waals surface area contributed by atoms with Crippen molar-refractivity contribution in [2.75, 3.05) is 36.5 Å². The van der Waals surface area contributed by atoms with Crippen LogP contribution in [0.3, 0.4) is 0 Å².